The molecule has 0 bridgehead atoms. The Morgan fingerprint density at radius 1 is 1.50 bits per heavy atom. The van der Waals surface area contributed by atoms with Gasteiger partial charge in [-0.15, -0.1) is 6.58 Å². The number of ether oxygens (including phenoxy) is 1. The van der Waals surface area contributed by atoms with Gasteiger partial charge in [0.2, 0.25) is 5.91 Å². The summed E-state index contributed by atoms with van der Waals surface area (Å²) < 4.78 is 5.35. The molecule has 2 N–H and O–H groups in total. The van der Waals surface area contributed by atoms with Gasteiger partial charge in [0, 0.05) is 38.8 Å². The first-order valence-corrected chi connectivity index (χ1v) is 6.54. The predicted molar refractivity (Wildman–Crippen MR) is 70.1 cm³/mol. The number of carbonyl (C=O) groups excluding carboxylic acids is 1. The van der Waals surface area contributed by atoms with Gasteiger partial charge in [0.15, 0.2) is 0 Å². The fourth-order valence-corrected chi connectivity index (χ4v) is 2.59. The second-order valence-electron chi connectivity index (χ2n) is 5.42. The highest BCUT2D eigenvalue weighted by molar-refractivity contribution is 5.83. The summed E-state index contributed by atoms with van der Waals surface area (Å²) in [7, 11) is 0. The minimum absolute atomic E-state index is 0.144. The van der Waals surface area contributed by atoms with Crippen molar-refractivity contribution >= 4 is 5.91 Å². The van der Waals surface area contributed by atoms with Crippen LogP contribution in [0.3, 0.4) is 0 Å². The number of rotatable bonds is 3. The molecule has 2 fully saturated rings. The van der Waals surface area contributed by atoms with Crippen LogP contribution in [0, 0.1) is 5.41 Å². The van der Waals surface area contributed by atoms with Crippen LogP contribution < -0.4 is 5.73 Å². The van der Waals surface area contributed by atoms with Crippen LogP contribution in [0.5, 0.6) is 0 Å². The number of nitrogens with two attached hydrogens (primary N) is 1. The summed E-state index contributed by atoms with van der Waals surface area (Å²) in [5.74, 6) is 0.144. The van der Waals surface area contributed by atoms with Crippen LogP contribution in [-0.4, -0.2) is 67.7 Å². The van der Waals surface area contributed by atoms with E-state index >= 15 is 0 Å². The van der Waals surface area contributed by atoms with Crippen LogP contribution in [0.15, 0.2) is 12.7 Å². The summed E-state index contributed by atoms with van der Waals surface area (Å²) in [6.07, 6.45) is 1.90. The van der Waals surface area contributed by atoms with Gasteiger partial charge >= 0.3 is 0 Å². The highest BCUT2D eigenvalue weighted by atomic mass is 16.5. The zero-order valence-electron chi connectivity index (χ0n) is 11.1. The Hall–Kier alpha value is -0.910. The van der Waals surface area contributed by atoms with Crippen LogP contribution >= 0.6 is 0 Å². The smallest absolute Gasteiger partial charge is 0.232 e. The average molecular weight is 253 g/mol. The summed E-state index contributed by atoms with van der Waals surface area (Å²) >= 11 is 0. The van der Waals surface area contributed by atoms with E-state index in [-0.39, 0.29) is 11.9 Å². The molecule has 2 saturated heterocycles. The summed E-state index contributed by atoms with van der Waals surface area (Å²) in [6.45, 7) is 10.8. The Balaban J connectivity index is 1.93. The van der Waals surface area contributed by atoms with E-state index in [4.69, 9.17) is 10.5 Å². The molecule has 18 heavy (non-hydrogen) atoms. The molecule has 2 aliphatic heterocycles. The fourth-order valence-electron chi connectivity index (χ4n) is 2.59. The molecule has 0 aromatic rings. The summed E-state index contributed by atoms with van der Waals surface area (Å²) in [4.78, 5) is 16.7. The molecule has 2 atom stereocenters. The molecular formula is C13H23N3O2. The van der Waals surface area contributed by atoms with E-state index < -0.39 is 5.41 Å². The van der Waals surface area contributed by atoms with E-state index in [9.17, 15) is 4.79 Å². The Kier molecular flexibility index (Phi) is 4.04. The molecular weight excluding hydrogens is 230 g/mol. The van der Waals surface area contributed by atoms with Crippen LogP contribution in [0.2, 0.25) is 0 Å². The Bertz CT molecular complexity index is 326. The molecule has 0 aliphatic carbocycles. The van der Waals surface area contributed by atoms with Crippen molar-refractivity contribution in [1.29, 1.82) is 0 Å². The van der Waals surface area contributed by atoms with Gasteiger partial charge in [-0.2, -0.15) is 0 Å². The molecule has 0 radical (unpaired) electrons. The van der Waals surface area contributed by atoms with E-state index in [1.54, 1.807) is 0 Å². The maximum atomic E-state index is 12.5. The van der Waals surface area contributed by atoms with Gasteiger partial charge in [-0.05, 0) is 6.92 Å². The molecule has 0 aromatic carbocycles. The zero-order valence-corrected chi connectivity index (χ0v) is 11.1. The van der Waals surface area contributed by atoms with Gasteiger partial charge in [0.1, 0.15) is 0 Å². The number of nitrogens with zero attached hydrogens (tertiary/aromatic N) is 2. The lowest BCUT2D eigenvalue weighted by molar-refractivity contribution is -0.143. The van der Waals surface area contributed by atoms with Crippen molar-refractivity contribution in [2.24, 2.45) is 11.1 Å². The maximum absolute atomic E-state index is 12.5. The van der Waals surface area contributed by atoms with E-state index in [1.165, 1.54) is 0 Å². The molecule has 5 nitrogen and oxygen atoms in total. The summed E-state index contributed by atoms with van der Waals surface area (Å²) in [6, 6.07) is -0.184. The van der Waals surface area contributed by atoms with Gasteiger partial charge < -0.3 is 15.4 Å². The molecule has 1 amide bonds. The molecule has 5 heteroatoms. The average Bonchev–Trinajstić information content (AvgIpc) is 2.71. The first kappa shape index (κ1) is 13.5. The first-order valence-electron chi connectivity index (χ1n) is 6.54. The zero-order chi connectivity index (χ0) is 13.2. The van der Waals surface area contributed by atoms with Crippen LogP contribution in [0.1, 0.15) is 6.92 Å². The van der Waals surface area contributed by atoms with Crippen molar-refractivity contribution in [3.05, 3.63) is 12.7 Å². The minimum atomic E-state index is -0.541. The topological polar surface area (TPSA) is 58.8 Å². The van der Waals surface area contributed by atoms with Gasteiger partial charge in [-0.3, -0.25) is 9.69 Å². The first-order chi connectivity index (χ1) is 8.58. The van der Waals surface area contributed by atoms with Crippen molar-refractivity contribution < 1.29 is 9.53 Å². The highest BCUT2D eigenvalue weighted by Gasteiger charge is 2.46. The van der Waals surface area contributed by atoms with E-state index in [0.29, 0.717) is 13.2 Å². The Morgan fingerprint density at radius 2 is 2.17 bits per heavy atom. The van der Waals surface area contributed by atoms with Gasteiger partial charge in [0.05, 0.1) is 18.6 Å². The van der Waals surface area contributed by atoms with Crippen molar-refractivity contribution in [1.82, 2.24) is 9.80 Å². The standard InChI is InChI=1S/C13H23N3O2/c1-3-4-15-5-7-16(8-6-15)12(17)13(2)10-18-9-11(13)14/h3,11H,1,4-10,14H2,2H3. The lowest BCUT2D eigenvalue weighted by Gasteiger charge is -2.38. The number of hydrogen-bond acceptors (Lipinski definition) is 4. The molecule has 102 valence electrons. The second kappa shape index (κ2) is 5.38. The third kappa shape index (κ3) is 2.43. The van der Waals surface area contributed by atoms with Gasteiger partial charge in [-0.1, -0.05) is 6.08 Å². The van der Waals surface area contributed by atoms with Gasteiger partial charge in [0.25, 0.3) is 0 Å². The van der Waals surface area contributed by atoms with Crippen molar-refractivity contribution in [3.8, 4) is 0 Å². The predicted octanol–water partition coefficient (Wildman–Crippen LogP) is -0.320. The quantitative estimate of drug-likeness (QED) is 0.700. The third-order valence-electron chi connectivity index (χ3n) is 4.05. The normalized spacial score (nSPS) is 33.7. The largest absolute Gasteiger partial charge is 0.379 e. The molecule has 0 spiro atoms. The molecule has 0 aromatic heterocycles. The van der Waals surface area contributed by atoms with Crippen LogP contribution in [0.25, 0.3) is 0 Å². The van der Waals surface area contributed by atoms with Crippen molar-refractivity contribution in [3.63, 3.8) is 0 Å². The maximum Gasteiger partial charge on any atom is 0.232 e. The van der Waals surface area contributed by atoms with E-state index in [1.807, 2.05) is 17.9 Å². The lowest BCUT2D eigenvalue weighted by Crippen LogP contribution is -2.56. The summed E-state index contributed by atoms with van der Waals surface area (Å²) in [5, 5.41) is 0. The number of hydrogen-bond donors (Lipinski definition) is 1. The Labute approximate surface area is 109 Å². The number of carbonyl (C=O) groups is 1. The molecule has 2 heterocycles. The Morgan fingerprint density at radius 3 is 2.67 bits per heavy atom. The summed E-state index contributed by atoms with van der Waals surface area (Å²) in [5.41, 5.74) is 5.46. The molecule has 2 unspecified atom stereocenters. The highest BCUT2D eigenvalue weighted by Crippen LogP contribution is 2.29. The monoisotopic (exact) mass is 253 g/mol. The van der Waals surface area contributed by atoms with Crippen molar-refractivity contribution in [2.45, 2.75) is 13.0 Å². The van der Waals surface area contributed by atoms with E-state index in [0.717, 1.165) is 32.7 Å². The van der Waals surface area contributed by atoms with Crippen molar-refractivity contribution in [2.75, 3.05) is 45.9 Å². The SMILES string of the molecule is C=CCN1CCN(C(=O)C2(C)COCC2N)CC1. The number of amides is 1. The van der Waals surface area contributed by atoms with Crippen LogP contribution in [0.4, 0.5) is 0 Å². The second-order valence-corrected chi connectivity index (χ2v) is 5.42. The molecule has 2 rings (SSSR count). The third-order valence-corrected chi connectivity index (χ3v) is 4.05. The molecule has 0 saturated carbocycles. The minimum Gasteiger partial charge on any atom is -0.379 e. The number of piperazine rings is 1. The van der Waals surface area contributed by atoms with Gasteiger partial charge in [-0.25, -0.2) is 0 Å². The molecule has 2 aliphatic rings. The van der Waals surface area contributed by atoms with E-state index in [2.05, 4.69) is 11.5 Å². The fraction of sp³-hybridized carbons (Fsp3) is 0.769. The lowest BCUT2D eigenvalue weighted by atomic mass is 9.84. The van der Waals surface area contributed by atoms with Crippen LogP contribution in [-0.2, 0) is 9.53 Å².